The summed E-state index contributed by atoms with van der Waals surface area (Å²) in [6, 6.07) is 10.7. The van der Waals surface area contributed by atoms with Crippen molar-refractivity contribution >= 4 is 11.3 Å². The molecule has 1 aliphatic rings. The van der Waals surface area contributed by atoms with Crippen molar-refractivity contribution in [3.8, 4) is 5.75 Å². The molecule has 19 heavy (non-hydrogen) atoms. The van der Waals surface area contributed by atoms with Crippen LogP contribution in [-0.2, 0) is 19.3 Å². The summed E-state index contributed by atoms with van der Waals surface area (Å²) < 4.78 is 0. The molecule has 0 fully saturated rings. The average molecular weight is 273 g/mol. The summed E-state index contributed by atoms with van der Waals surface area (Å²) in [5.74, 6) is 0.467. The predicted octanol–water partition coefficient (Wildman–Crippen LogP) is 3.14. The molecule has 0 aliphatic heterocycles. The van der Waals surface area contributed by atoms with Crippen molar-refractivity contribution in [2.45, 2.75) is 31.7 Å². The monoisotopic (exact) mass is 273 g/mol. The molecule has 0 amide bonds. The van der Waals surface area contributed by atoms with Crippen LogP contribution in [-0.4, -0.2) is 17.7 Å². The SMILES string of the molecule is Oc1cccc2c1CC[C@H](NCCc1cccs1)C2. The van der Waals surface area contributed by atoms with Crippen molar-refractivity contribution in [1.29, 1.82) is 0 Å². The Morgan fingerprint density at radius 2 is 2.21 bits per heavy atom. The maximum Gasteiger partial charge on any atom is 0.119 e. The van der Waals surface area contributed by atoms with Crippen LogP contribution in [0, 0.1) is 0 Å². The Morgan fingerprint density at radius 3 is 3.05 bits per heavy atom. The highest BCUT2D eigenvalue weighted by molar-refractivity contribution is 7.09. The van der Waals surface area contributed by atoms with Gasteiger partial charge < -0.3 is 10.4 Å². The van der Waals surface area contributed by atoms with E-state index in [2.05, 4.69) is 28.9 Å². The number of fused-ring (bicyclic) bond motifs is 1. The van der Waals surface area contributed by atoms with E-state index in [1.807, 2.05) is 17.4 Å². The van der Waals surface area contributed by atoms with Crippen LogP contribution in [0.4, 0.5) is 0 Å². The van der Waals surface area contributed by atoms with Crippen molar-refractivity contribution in [2.75, 3.05) is 6.54 Å². The van der Waals surface area contributed by atoms with Crippen LogP contribution in [0.2, 0.25) is 0 Å². The van der Waals surface area contributed by atoms with Gasteiger partial charge in [-0.15, -0.1) is 11.3 Å². The van der Waals surface area contributed by atoms with E-state index in [9.17, 15) is 5.11 Å². The standard InChI is InChI=1S/C16H19NOS/c18-16-5-1-3-12-11-13(6-7-15(12)16)17-9-8-14-4-2-10-19-14/h1-5,10,13,17-18H,6-9,11H2/t13-/m0/s1. The van der Waals surface area contributed by atoms with E-state index in [0.29, 0.717) is 11.8 Å². The summed E-state index contributed by atoms with van der Waals surface area (Å²) in [6.07, 6.45) is 4.25. The molecule has 3 heteroatoms. The van der Waals surface area contributed by atoms with Gasteiger partial charge in [-0.25, -0.2) is 0 Å². The van der Waals surface area contributed by atoms with E-state index >= 15 is 0 Å². The number of aromatic hydroxyl groups is 1. The fraction of sp³-hybridized carbons (Fsp3) is 0.375. The molecule has 1 heterocycles. The molecule has 0 radical (unpaired) electrons. The normalized spacial score (nSPS) is 18.2. The maximum atomic E-state index is 9.82. The summed E-state index contributed by atoms with van der Waals surface area (Å²) in [6.45, 7) is 1.04. The Hall–Kier alpha value is -1.32. The number of hydrogen-bond donors (Lipinski definition) is 2. The zero-order valence-electron chi connectivity index (χ0n) is 10.9. The number of thiophene rings is 1. The molecule has 0 bridgehead atoms. The van der Waals surface area contributed by atoms with E-state index in [1.165, 1.54) is 10.4 Å². The first-order valence-electron chi connectivity index (χ1n) is 6.88. The second-order valence-corrected chi connectivity index (χ2v) is 6.17. The molecule has 0 spiro atoms. The fourth-order valence-electron chi connectivity index (χ4n) is 2.82. The number of phenols is 1. The molecule has 0 saturated carbocycles. The van der Waals surface area contributed by atoms with Gasteiger partial charge in [0.25, 0.3) is 0 Å². The number of rotatable bonds is 4. The quantitative estimate of drug-likeness (QED) is 0.897. The first-order chi connectivity index (χ1) is 9.33. The number of benzene rings is 1. The molecule has 1 aliphatic carbocycles. The predicted molar refractivity (Wildman–Crippen MR) is 79.9 cm³/mol. The Labute approximate surface area is 118 Å². The number of hydrogen-bond acceptors (Lipinski definition) is 3. The Balaban J connectivity index is 1.54. The van der Waals surface area contributed by atoms with Gasteiger partial charge in [0.15, 0.2) is 0 Å². The van der Waals surface area contributed by atoms with Gasteiger partial charge in [0.1, 0.15) is 5.75 Å². The van der Waals surface area contributed by atoms with Crippen molar-refractivity contribution in [2.24, 2.45) is 0 Å². The zero-order valence-corrected chi connectivity index (χ0v) is 11.7. The van der Waals surface area contributed by atoms with Crippen LogP contribution in [0.3, 0.4) is 0 Å². The molecule has 0 saturated heterocycles. The molecule has 1 aromatic heterocycles. The Kier molecular flexibility index (Phi) is 3.85. The van der Waals surface area contributed by atoms with Gasteiger partial charge >= 0.3 is 0 Å². The molecular weight excluding hydrogens is 254 g/mol. The summed E-state index contributed by atoms with van der Waals surface area (Å²) in [7, 11) is 0. The van der Waals surface area contributed by atoms with E-state index in [0.717, 1.165) is 37.8 Å². The van der Waals surface area contributed by atoms with E-state index in [1.54, 1.807) is 6.07 Å². The molecule has 2 nitrogen and oxygen atoms in total. The highest BCUT2D eigenvalue weighted by Gasteiger charge is 2.19. The first kappa shape index (κ1) is 12.7. The van der Waals surface area contributed by atoms with E-state index < -0.39 is 0 Å². The lowest BCUT2D eigenvalue weighted by atomic mass is 9.87. The van der Waals surface area contributed by atoms with Crippen LogP contribution in [0.15, 0.2) is 35.7 Å². The Morgan fingerprint density at radius 1 is 1.26 bits per heavy atom. The van der Waals surface area contributed by atoms with Gasteiger partial charge in [0, 0.05) is 17.5 Å². The largest absolute Gasteiger partial charge is 0.508 e. The lowest BCUT2D eigenvalue weighted by molar-refractivity contribution is 0.433. The fourth-order valence-corrected chi connectivity index (χ4v) is 3.52. The minimum absolute atomic E-state index is 0.467. The minimum atomic E-state index is 0.467. The highest BCUT2D eigenvalue weighted by atomic mass is 32.1. The Bertz CT molecular complexity index is 536. The average Bonchev–Trinajstić information content (AvgIpc) is 2.92. The smallest absolute Gasteiger partial charge is 0.119 e. The number of nitrogens with one attached hydrogen (secondary N) is 1. The zero-order chi connectivity index (χ0) is 13.1. The van der Waals surface area contributed by atoms with Gasteiger partial charge in [0.2, 0.25) is 0 Å². The van der Waals surface area contributed by atoms with Crippen molar-refractivity contribution in [1.82, 2.24) is 5.32 Å². The van der Waals surface area contributed by atoms with Gasteiger partial charge in [-0.2, -0.15) is 0 Å². The molecular formula is C16H19NOS. The molecule has 0 unspecified atom stereocenters. The lowest BCUT2D eigenvalue weighted by Gasteiger charge is -2.26. The minimum Gasteiger partial charge on any atom is -0.508 e. The third kappa shape index (κ3) is 2.99. The van der Waals surface area contributed by atoms with Crippen LogP contribution in [0.25, 0.3) is 0 Å². The number of phenolic OH excluding ortho intramolecular Hbond substituents is 1. The van der Waals surface area contributed by atoms with Crippen molar-refractivity contribution < 1.29 is 5.11 Å². The second-order valence-electron chi connectivity index (χ2n) is 5.14. The van der Waals surface area contributed by atoms with Crippen molar-refractivity contribution in [3.05, 3.63) is 51.7 Å². The third-order valence-electron chi connectivity index (χ3n) is 3.84. The van der Waals surface area contributed by atoms with Gasteiger partial charge in [-0.1, -0.05) is 18.2 Å². The van der Waals surface area contributed by atoms with Crippen LogP contribution < -0.4 is 5.32 Å². The van der Waals surface area contributed by atoms with Gasteiger partial charge in [-0.05, 0) is 54.3 Å². The highest BCUT2D eigenvalue weighted by Crippen LogP contribution is 2.28. The molecule has 2 N–H and O–H groups in total. The molecule has 1 atom stereocenters. The molecule has 100 valence electrons. The van der Waals surface area contributed by atoms with Gasteiger partial charge in [0.05, 0.1) is 0 Å². The van der Waals surface area contributed by atoms with Crippen molar-refractivity contribution in [3.63, 3.8) is 0 Å². The lowest BCUT2D eigenvalue weighted by Crippen LogP contribution is -2.35. The molecule has 2 aromatic rings. The molecule has 3 rings (SSSR count). The second kappa shape index (κ2) is 5.76. The molecule has 1 aromatic carbocycles. The van der Waals surface area contributed by atoms with Crippen LogP contribution in [0.5, 0.6) is 5.75 Å². The summed E-state index contributed by atoms with van der Waals surface area (Å²) >= 11 is 1.83. The maximum absolute atomic E-state index is 9.82. The summed E-state index contributed by atoms with van der Waals surface area (Å²) in [4.78, 5) is 1.45. The third-order valence-corrected chi connectivity index (χ3v) is 4.78. The summed E-state index contributed by atoms with van der Waals surface area (Å²) in [5.41, 5.74) is 2.46. The van der Waals surface area contributed by atoms with Gasteiger partial charge in [-0.3, -0.25) is 0 Å². The van der Waals surface area contributed by atoms with Crippen LogP contribution in [0.1, 0.15) is 22.4 Å². The van der Waals surface area contributed by atoms with E-state index in [4.69, 9.17) is 0 Å². The first-order valence-corrected chi connectivity index (χ1v) is 7.76. The topological polar surface area (TPSA) is 32.3 Å². The van der Waals surface area contributed by atoms with Crippen LogP contribution >= 0.6 is 11.3 Å². The van der Waals surface area contributed by atoms with E-state index in [-0.39, 0.29) is 0 Å². The summed E-state index contributed by atoms with van der Waals surface area (Å²) in [5, 5.41) is 15.6.